The van der Waals surface area contributed by atoms with Gasteiger partial charge in [-0.1, -0.05) is 0 Å². The number of carbonyl (C=O) groups excluding carboxylic acids is 1. The average molecular weight is 317 g/mol. The number of hydrogen-bond acceptors (Lipinski definition) is 4. The van der Waals surface area contributed by atoms with Crippen LogP contribution in [-0.2, 0) is 29.2 Å². The quantitative estimate of drug-likeness (QED) is 0.820. The molecular weight excluding hydrogens is 294 g/mol. The summed E-state index contributed by atoms with van der Waals surface area (Å²) in [6.45, 7) is 4.14. The topological polar surface area (TPSA) is 59.6 Å². The molecule has 3 rings (SSSR count). The molecule has 23 heavy (non-hydrogen) atoms. The van der Waals surface area contributed by atoms with Crippen LogP contribution in [-0.4, -0.2) is 42.2 Å². The van der Waals surface area contributed by atoms with Gasteiger partial charge in [-0.25, -0.2) is 0 Å². The lowest BCUT2D eigenvalue weighted by atomic mass is 10.1. The molecule has 1 amide bonds. The average Bonchev–Trinajstić information content (AvgIpc) is 3.16. The Morgan fingerprint density at radius 1 is 1.43 bits per heavy atom. The zero-order chi connectivity index (χ0) is 16.1. The molecule has 1 aliphatic rings. The van der Waals surface area contributed by atoms with Crippen LogP contribution in [0.5, 0.6) is 0 Å². The van der Waals surface area contributed by atoms with Crippen molar-refractivity contribution in [1.82, 2.24) is 14.8 Å². The Morgan fingerprint density at radius 2 is 2.35 bits per heavy atom. The number of nitrogens with zero attached hydrogens (tertiary/aromatic N) is 2. The number of furan rings is 1. The van der Waals surface area contributed by atoms with E-state index in [1.165, 1.54) is 5.69 Å². The Balaban J connectivity index is 1.70. The number of aromatic nitrogens is 1. The highest BCUT2D eigenvalue weighted by molar-refractivity contribution is 5.78. The molecule has 0 saturated carbocycles. The molecule has 6 nitrogen and oxygen atoms in total. The molecule has 1 atom stereocenters. The maximum Gasteiger partial charge on any atom is 0.226 e. The molecule has 0 unspecified atom stereocenters. The van der Waals surface area contributed by atoms with Crippen LogP contribution >= 0.6 is 0 Å². The molecule has 0 aliphatic carbocycles. The minimum atomic E-state index is -0.0765. The number of hydrogen-bond donors (Lipinski definition) is 1. The summed E-state index contributed by atoms with van der Waals surface area (Å²) >= 11 is 0. The maximum atomic E-state index is 12.5. The largest absolute Gasteiger partial charge is 0.472 e. The molecule has 0 saturated heterocycles. The first-order valence-corrected chi connectivity index (χ1v) is 7.90. The first-order valence-electron chi connectivity index (χ1n) is 7.90. The number of methoxy groups -OCH3 is 1. The van der Waals surface area contributed by atoms with Gasteiger partial charge in [-0.2, -0.15) is 0 Å². The summed E-state index contributed by atoms with van der Waals surface area (Å²) in [5.41, 5.74) is 2.37. The molecule has 0 radical (unpaired) electrons. The molecule has 6 heteroatoms. The van der Waals surface area contributed by atoms with Crippen LogP contribution in [0.25, 0.3) is 0 Å². The van der Waals surface area contributed by atoms with Gasteiger partial charge < -0.3 is 19.0 Å². The van der Waals surface area contributed by atoms with Gasteiger partial charge in [0.05, 0.1) is 25.1 Å². The zero-order valence-corrected chi connectivity index (χ0v) is 13.4. The number of nitrogens with one attached hydrogen (secondary N) is 1. The molecular formula is C17H23N3O3. The lowest BCUT2D eigenvalue weighted by Crippen LogP contribution is -2.39. The molecule has 1 N–H and O–H groups in total. The Morgan fingerprint density at radius 3 is 3.13 bits per heavy atom. The van der Waals surface area contributed by atoms with Gasteiger partial charge in [0.1, 0.15) is 0 Å². The molecule has 1 aliphatic heterocycles. The first-order chi connectivity index (χ1) is 11.3. The molecule has 3 heterocycles. The fraction of sp³-hybridized carbons (Fsp3) is 0.471. The maximum absolute atomic E-state index is 12.5. The smallest absolute Gasteiger partial charge is 0.226 e. The van der Waals surface area contributed by atoms with Crippen molar-refractivity contribution >= 4 is 5.91 Å². The third kappa shape index (κ3) is 4.03. The second-order valence-corrected chi connectivity index (χ2v) is 5.93. The molecule has 0 aromatic carbocycles. The van der Waals surface area contributed by atoms with Crippen molar-refractivity contribution in [2.45, 2.75) is 19.6 Å². The summed E-state index contributed by atoms with van der Waals surface area (Å²) in [6.07, 6.45) is 5.49. The van der Waals surface area contributed by atoms with E-state index in [9.17, 15) is 4.79 Å². The van der Waals surface area contributed by atoms with E-state index >= 15 is 0 Å². The summed E-state index contributed by atoms with van der Waals surface area (Å²) in [6, 6.07) is 6.13. The SMILES string of the molecule is COCCNC(=O)[C@@H]1CN(Cc2ccoc2)Cc2cccn2C1. The molecule has 2 aromatic heterocycles. The number of fused-ring (bicyclic) bond motifs is 1. The summed E-state index contributed by atoms with van der Waals surface area (Å²) < 4.78 is 12.3. The van der Waals surface area contributed by atoms with E-state index in [0.29, 0.717) is 19.7 Å². The fourth-order valence-corrected chi connectivity index (χ4v) is 3.02. The van der Waals surface area contributed by atoms with Gasteiger partial charge in [0.2, 0.25) is 5.91 Å². The van der Waals surface area contributed by atoms with Gasteiger partial charge in [-0.3, -0.25) is 9.69 Å². The normalized spacial score (nSPS) is 18.4. The van der Waals surface area contributed by atoms with Gasteiger partial charge in [0.25, 0.3) is 0 Å². The highest BCUT2D eigenvalue weighted by Crippen LogP contribution is 2.19. The van der Waals surface area contributed by atoms with Crippen LogP contribution in [0.2, 0.25) is 0 Å². The van der Waals surface area contributed by atoms with Gasteiger partial charge in [0, 0.05) is 57.3 Å². The zero-order valence-electron chi connectivity index (χ0n) is 13.4. The Bertz CT molecular complexity index is 621. The number of ether oxygens (including phenoxy) is 1. The number of amides is 1. The van der Waals surface area contributed by atoms with Crippen LogP contribution in [0.4, 0.5) is 0 Å². The second-order valence-electron chi connectivity index (χ2n) is 5.93. The lowest BCUT2D eigenvalue weighted by molar-refractivity contribution is -0.126. The Labute approximate surface area is 136 Å². The van der Waals surface area contributed by atoms with Crippen molar-refractivity contribution < 1.29 is 13.9 Å². The molecule has 2 aromatic rings. The van der Waals surface area contributed by atoms with Crippen LogP contribution < -0.4 is 5.32 Å². The van der Waals surface area contributed by atoms with E-state index in [2.05, 4.69) is 20.9 Å². The summed E-state index contributed by atoms with van der Waals surface area (Å²) in [4.78, 5) is 14.8. The predicted molar refractivity (Wildman–Crippen MR) is 85.6 cm³/mol. The third-order valence-electron chi connectivity index (χ3n) is 4.17. The van der Waals surface area contributed by atoms with Crippen LogP contribution in [0.15, 0.2) is 41.3 Å². The first kappa shape index (κ1) is 15.8. The van der Waals surface area contributed by atoms with Crippen molar-refractivity contribution in [1.29, 1.82) is 0 Å². The van der Waals surface area contributed by atoms with E-state index < -0.39 is 0 Å². The summed E-state index contributed by atoms with van der Waals surface area (Å²) in [5.74, 6) is 0.00759. The molecule has 0 fully saturated rings. The minimum Gasteiger partial charge on any atom is -0.472 e. The van der Waals surface area contributed by atoms with Crippen molar-refractivity contribution in [3.63, 3.8) is 0 Å². The van der Waals surface area contributed by atoms with Crippen LogP contribution in [0.1, 0.15) is 11.3 Å². The summed E-state index contributed by atoms with van der Waals surface area (Å²) in [7, 11) is 1.64. The predicted octanol–water partition coefficient (Wildman–Crippen LogP) is 1.48. The standard InChI is InChI=1S/C17H23N3O3/c1-22-8-5-18-17(21)15-10-19(9-14-4-7-23-13-14)12-16-3-2-6-20(16)11-15/h2-4,6-7,13,15H,5,8-12H2,1H3,(H,18,21)/t15-/m1/s1. The Hall–Kier alpha value is -2.05. The Kier molecular flexibility index (Phi) is 5.15. The van der Waals surface area contributed by atoms with Gasteiger partial charge in [-0.05, 0) is 18.2 Å². The van der Waals surface area contributed by atoms with Crippen molar-refractivity contribution in [3.05, 3.63) is 48.2 Å². The van der Waals surface area contributed by atoms with Crippen LogP contribution in [0.3, 0.4) is 0 Å². The van der Waals surface area contributed by atoms with Crippen molar-refractivity contribution in [2.75, 3.05) is 26.8 Å². The highest BCUT2D eigenvalue weighted by Gasteiger charge is 2.26. The monoisotopic (exact) mass is 317 g/mol. The second kappa shape index (κ2) is 7.48. The van der Waals surface area contributed by atoms with Gasteiger partial charge in [-0.15, -0.1) is 0 Å². The van der Waals surface area contributed by atoms with Crippen LogP contribution in [0, 0.1) is 5.92 Å². The van der Waals surface area contributed by atoms with E-state index in [1.54, 1.807) is 19.6 Å². The molecule has 124 valence electrons. The van der Waals surface area contributed by atoms with E-state index in [-0.39, 0.29) is 11.8 Å². The molecule has 0 spiro atoms. The van der Waals surface area contributed by atoms with E-state index in [0.717, 1.165) is 25.2 Å². The third-order valence-corrected chi connectivity index (χ3v) is 4.17. The van der Waals surface area contributed by atoms with Crippen molar-refractivity contribution in [2.24, 2.45) is 5.92 Å². The van der Waals surface area contributed by atoms with E-state index in [1.807, 2.05) is 18.3 Å². The van der Waals surface area contributed by atoms with Gasteiger partial charge >= 0.3 is 0 Å². The lowest BCUT2D eigenvalue weighted by Gasteiger charge is -2.23. The van der Waals surface area contributed by atoms with Crippen molar-refractivity contribution in [3.8, 4) is 0 Å². The minimum absolute atomic E-state index is 0.0765. The number of rotatable bonds is 6. The summed E-state index contributed by atoms with van der Waals surface area (Å²) in [5, 5.41) is 2.96. The van der Waals surface area contributed by atoms with E-state index in [4.69, 9.17) is 9.15 Å². The highest BCUT2D eigenvalue weighted by atomic mass is 16.5. The number of carbonyl (C=O) groups is 1. The molecule has 0 bridgehead atoms. The van der Waals surface area contributed by atoms with Gasteiger partial charge in [0.15, 0.2) is 0 Å². The fourth-order valence-electron chi connectivity index (χ4n) is 3.02.